The summed E-state index contributed by atoms with van der Waals surface area (Å²) in [6, 6.07) is 1.27. The molecule has 0 bridgehead atoms. The lowest BCUT2D eigenvalue weighted by atomic mass is 10.1. The number of alkyl halides is 2. The van der Waals surface area contributed by atoms with Gasteiger partial charge in [0.15, 0.2) is 0 Å². The number of hydrogen-bond donors (Lipinski definition) is 0. The van der Waals surface area contributed by atoms with Gasteiger partial charge in [0.05, 0.1) is 0 Å². The van der Waals surface area contributed by atoms with Crippen molar-refractivity contribution in [1.82, 2.24) is 9.21 Å². The largest absolute Gasteiger partial charge is 0.298 e. The SMILES string of the molecule is CC(C)N1CC(CSN2CCC(F)(F)CC2)C[C@@H]1C. The van der Waals surface area contributed by atoms with Crippen LogP contribution in [-0.4, -0.2) is 52.6 Å². The van der Waals surface area contributed by atoms with E-state index >= 15 is 0 Å². The van der Waals surface area contributed by atoms with Gasteiger partial charge >= 0.3 is 0 Å². The molecule has 2 fully saturated rings. The number of hydrogen-bond acceptors (Lipinski definition) is 3. The lowest BCUT2D eigenvalue weighted by Crippen LogP contribution is -2.36. The highest BCUT2D eigenvalue weighted by Crippen LogP contribution is 2.33. The van der Waals surface area contributed by atoms with Gasteiger partial charge in [0, 0.05) is 50.3 Å². The van der Waals surface area contributed by atoms with Gasteiger partial charge in [-0.25, -0.2) is 8.78 Å². The predicted molar refractivity (Wildman–Crippen MR) is 77.6 cm³/mol. The van der Waals surface area contributed by atoms with Crippen molar-refractivity contribution in [3.05, 3.63) is 0 Å². The van der Waals surface area contributed by atoms with Crippen LogP contribution < -0.4 is 0 Å². The van der Waals surface area contributed by atoms with Crippen LogP contribution in [0.3, 0.4) is 0 Å². The zero-order valence-corrected chi connectivity index (χ0v) is 13.1. The Bertz CT molecular complexity index is 289. The van der Waals surface area contributed by atoms with Crippen molar-refractivity contribution in [1.29, 1.82) is 0 Å². The molecule has 1 unspecified atom stereocenters. The molecule has 5 heteroatoms. The van der Waals surface area contributed by atoms with Gasteiger partial charge < -0.3 is 0 Å². The third-order valence-corrected chi connectivity index (χ3v) is 5.67. The lowest BCUT2D eigenvalue weighted by molar-refractivity contribution is -0.0399. The van der Waals surface area contributed by atoms with E-state index in [0.29, 0.717) is 31.1 Å². The number of halogens is 2. The maximum Gasteiger partial charge on any atom is 0.250 e. The van der Waals surface area contributed by atoms with E-state index in [-0.39, 0.29) is 12.8 Å². The Morgan fingerprint density at radius 2 is 1.89 bits per heavy atom. The summed E-state index contributed by atoms with van der Waals surface area (Å²) < 4.78 is 28.3. The smallest absolute Gasteiger partial charge is 0.250 e. The van der Waals surface area contributed by atoms with Crippen LogP contribution in [0.25, 0.3) is 0 Å². The molecular formula is C14H26F2N2S. The van der Waals surface area contributed by atoms with Crippen LogP contribution in [-0.2, 0) is 0 Å². The number of rotatable bonds is 4. The van der Waals surface area contributed by atoms with E-state index in [4.69, 9.17) is 0 Å². The van der Waals surface area contributed by atoms with Crippen LogP contribution in [0, 0.1) is 5.92 Å². The zero-order chi connectivity index (χ0) is 14.0. The molecule has 0 aromatic heterocycles. The van der Waals surface area contributed by atoms with E-state index in [1.165, 1.54) is 6.42 Å². The van der Waals surface area contributed by atoms with Crippen LogP contribution in [0.1, 0.15) is 40.0 Å². The van der Waals surface area contributed by atoms with Gasteiger partial charge in [-0.1, -0.05) is 11.9 Å². The summed E-state index contributed by atoms with van der Waals surface area (Å²) in [5, 5.41) is 0. The molecule has 0 spiro atoms. The Kier molecular flexibility index (Phi) is 5.12. The van der Waals surface area contributed by atoms with Crippen molar-refractivity contribution in [3.63, 3.8) is 0 Å². The Morgan fingerprint density at radius 3 is 2.42 bits per heavy atom. The Labute approximate surface area is 120 Å². The molecule has 19 heavy (non-hydrogen) atoms. The van der Waals surface area contributed by atoms with E-state index in [1.807, 2.05) is 0 Å². The average Bonchev–Trinajstić information content (AvgIpc) is 2.69. The summed E-state index contributed by atoms with van der Waals surface area (Å²) >= 11 is 1.78. The molecule has 0 radical (unpaired) electrons. The van der Waals surface area contributed by atoms with E-state index < -0.39 is 5.92 Å². The first-order chi connectivity index (χ1) is 8.87. The lowest BCUT2D eigenvalue weighted by Gasteiger charge is -2.31. The van der Waals surface area contributed by atoms with Crippen LogP contribution in [0.4, 0.5) is 8.78 Å². The number of piperidine rings is 1. The highest BCUT2D eigenvalue weighted by atomic mass is 32.2. The summed E-state index contributed by atoms with van der Waals surface area (Å²) in [7, 11) is 0. The molecule has 0 saturated carbocycles. The standard InChI is InChI=1S/C14H26F2N2S/c1-11(2)18-9-13(8-12(18)3)10-19-17-6-4-14(15,16)5-7-17/h11-13H,4-10H2,1-3H3/t12-,13?/m0/s1. The van der Waals surface area contributed by atoms with Crippen LogP contribution in [0.2, 0.25) is 0 Å². The van der Waals surface area contributed by atoms with Gasteiger partial charge in [0.1, 0.15) is 0 Å². The highest BCUT2D eigenvalue weighted by molar-refractivity contribution is 7.97. The second kappa shape index (κ2) is 6.27. The molecule has 0 aromatic rings. The molecule has 2 heterocycles. The van der Waals surface area contributed by atoms with Crippen LogP contribution in [0.15, 0.2) is 0 Å². The van der Waals surface area contributed by atoms with Gasteiger partial charge in [0.25, 0.3) is 5.92 Å². The maximum atomic E-state index is 13.1. The first kappa shape index (κ1) is 15.5. The molecule has 2 atom stereocenters. The number of nitrogens with zero attached hydrogens (tertiary/aromatic N) is 2. The number of likely N-dealkylation sites (tertiary alicyclic amines) is 1. The van der Waals surface area contributed by atoms with Gasteiger partial charge in [0.2, 0.25) is 0 Å². The van der Waals surface area contributed by atoms with E-state index in [0.717, 1.165) is 12.3 Å². The fourth-order valence-electron chi connectivity index (χ4n) is 3.16. The van der Waals surface area contributed by atoms with Crippen LogP contribution >= 0.6 is 11.9 Å². The highest BCUT2D eigenvalue weighted by Gasteiger charge is 2.35. The Hall–Kier alpha value is 0.130. The minimum Gasteiger partial charge on any atom is -0.298 e. The van der Waals surface area contributed by atoms with Crippen molar-refractivity contribution in [2.24, 2.45) is 5.92 Å². The summed E-state index contributed by atoms with van der Waals surface area (Å²) in [6.45, 7) is 9.03. The van der Waals surface area contributed by atoms with E-state index in [2.05, 4.69) is 30.0 Å². The fraction of sp³-hybridized carbons (Fsp3) is 1.00. The molecule has 112 valence electrons. The average molecular weight is 292 g/mol. The van der Waals surface area contributed by atoms with Gasteiger partial charge in [-0.2, -0.15) is 0 Å². The third-order valence-electron chi connectivity index (χ3n) is 4.32. The van der Waals surface area contributed by atoms with Gasteiger partial charge in [-0.3, -0.25) is 9.21 Å². The summed E-state index contributed by atoms with van der Waals surface area (Å²) in [4.78, 5) is 2.55. The fourth-order valence-corrected chi connectivity index (χ4v) is 4.27. The molecule has 0 N–H and O–H groups in total. The predicted octanol–water partition coefficient (Wildman–Crippen LogP) is 3.48. The summed E-state index contributed by atoms with van der Waals surface area (Å²) in [6.07, 6.45) is 1.30. The van der Waals surface area contributed by atoms with Crippen molar-refractivity contribution in [2.75, 3.05) is 25.4 Å². The summed E-state index contributed by atoms with van der Waals surface area (Å²) in [5.41, 5.74) is 0. The summed E-state index contributed by atoms with van der Waals surface area (Å²) in [5.74, 6) is -0.628. The van der Waals surface area contributed by atoms with Gasteiger partial charge in [-0.15, -0.1) is 0 Å². The minimum atomic E-state index is -2.42. The molecule has 2 nitrogen and oxygen atoms in total. The Morgan fingerprint density at radius 1 is 1.26 bits per heavy atom. The molecule has 2 aliphatic rings. The van der Waals surface area contributed by atoms with E-state index in [1.54, 1.807) is 11.9 Å². The molecule has 0 aliphatic carbocycles. The van der Waals surface area contributed by atoms with E-state index in [9.17, 15) is 8.78 Å². The molecule has 0 amide bonds. The van der Waals surface area contributed by atoms with Crippen molar-refractivity contribution < 1.29 is 8.78 Å². The molecule has 2 rings (SSSR count). The normalized spacial score (nSPS) is 33.2. The zero-order valence-electron chi connectivity index (χ0n) is 12.2. The molecule has 0 aromatic carbocycles. The van der Waals surface area contributed by atoms with Gasteiger partial charge in [-0.05, 0) is 33.1 Å². The van der Waals surface area contributed by atoms with Crippen molar-refractivity contribution >= 4 is 11.9 Å². The minimum absolute atomic E-state index is 0.0270. The molecule has 2 aliphatic heterocycles. The maximum absolute atomic E-state index is 13.1. The second-order valence-corrected chi connectivity index (χ2v) is 7.43. The first-order valence-corrected chi connectivity index (χ1v) is 8.33. The molecular weight excluding hydrogens is 266 g/mol. The molecule has 2 saturated heterocycles. The van der Waals surface area contributed by atoms with Crippen LogP contribution in [0.5, 0.6) is 0 Å². The van der Waals surface area contributed by atoms with Crippen molar-refractivity contribution in [3.8, 4) is 0 Å². The van der Waals surface area contributed by atoms with Crippen molar-refractivity contribution in [2.45, 2.75) is 58.0 Å². The topological polar surface area (TPSA) is 6.48 Å². The second-order valence-electron chi connectivity index (χ2n) is 6.32. The monoisotopic (exact) mass is 292 g/mol. The Balaban J connectivity index is 1.70. The quantitative estimate of drug-likeness (QED) is 0.732. The third kappa shape index (κ3) is 4.30. The first-order valence-electron chi connectivity index (χ1n) is 7.39.